The molecule has 3 heterocycles. The lowest BCUT2D eigenvalue weighted by molar-refractivity contribution is -0.139. The van der Waals surface area contributed by atoms with E-state index in [0.29, 0.717) is 26.2 Å². The number of aromatic nitrogens is 3. The molecule has 0 aliphatic carbocycles. The molecule has 1 fully saturated rings. The van der Waals surface area contributed by atoms with Crippen LogP contribution in [0.4, 0.5) is 0 Å². The number of imidazole rings is 1. The van der Waals surface area contributed by atoms with Gasteiger partial charge in [-0.1, -0.05) is 0 Å². The Morgan fingerprint density at radius 1 is 1.50 bits per heavy atom. The fourth-order valence-corrected chi connectivity index (χ4v) is 3.64. The van der Waals surface area contributed by atoms with E-state index in [9.17, 15) is 4.79 Å². The monoisotopic (exact) mass is 320 g/mol. The molecule has 0 spiro atoms. The number of ether oxygens (including phenoxy) is 1. The number of nitrogens with one attached hydrogen (secondary N) is 1. The van der Waals surface area contributed by atoms with Crippen molar-refractivity contribution in [1.29, 1.82) is 0 Å². The summed E-state index contributed by atoms with van der Waals surface area (Å²) in [6.45, 7) is 7.53. The third-order valence-corrected chi connectivity index (χ3v) is 4.87. The lowest BCUT2D eigenvalue weighted by atomic mass is 10.2. The summed E-state index contributed by atoms with van der Waals surface area (Å²) < 4.78 is 5.54. The zero-order chi connectivity index (χ0) is 15.7. The van der Waals surface area contributed by atoms with Crippen molar-refractivity contribution in [3.63, 3.8) is 0 Å². The molecule has 2 aromatic heterocycles. The van der Waals surface area contributed by atoms with Crippen molar-refractivity contribution in [2.75, 3.05) is 19.8 Å². The third kappa shape index (κ3) is 3.05. The molecular weight excluding hydrogens is 300 g/mol. The van der Waals surface area contributed by atoms with Crippen LogP contribution in [-0.4, -0.2) is 45.5 Å². The maximum Gasteiger partial charge on any atom is 0.228 e. The van der Waals surface area contributed by atoms with Crippen LogP contribution in [0.25, 0.3) is 0 Å². The van der Waals surface area contributed by atoms with Gasteiger partial charge in [-0.2, -0.15) is 0 Å². The van der Waals surface area contributed by atoms with Crippen LogP contribution in [0.5, 0.6) is 0 Å². The van der Waals surface area contributed by atoms with Crippen LogP contribution in [0.3, 0.4) is 0 Å². The first-order valence-electron chi connectivity index (χ1n) is 7.36. The van der Waals surface area contributed by atoms with Crippen molar-refractivity contribution in [2.24, 2.45) is 0 Å². The van der Waals surface area contributed by atoms with Crippen LogP contribution in [-0.2, 0) is 16.0 Å². The number of amides is 1. The molecule has 22 heavy (non-hydrogen) atoms. The fraction of sp³-hybridized carbons (Fsp3) is 0.533. The van der Waals surface area contributed by atoms with E-state index in [4.69, 9.17) is 4.74 Å². The van der Waals surface area contributed by atoms with Gasteiger partial charge in [0.15, 0.2) is 0 Å². The normalized spacial score (nSPS) is 18.7. The van der Waals surface area contributed by atoms with Crippen LogP contribution in [0.1, 0.15) is 33.1 Å². The largest absolute Gasteiger partial charge is 0.377 e. The number of carbonyl (C=O) groups excluding carboxylic acids is 1. The van der Waals surface area contributed by atoms with Gasteiger partial charge in [-0.3, -0.25) is 4.79 Å². The highest BCUT2D eigenvalue weighted by atomic mass is 32.1. The Morgan fingerprint density at radius 2 is 2.32 bits per heavy atom. The molecule has 118 valence electrons. The molecule has 2 aromatic rings. The summed E-state index contributed by atoms with van der Waals surface area (Å²) in [5.41, 5.74) is 1.94. The van der Waals surface area contributed by atoms with Crippen LogP contribution >= 0.6 is 11.3 Å². The SMILES string of the molecule is Cc1cnc([C@@H]2COCCN2C(=O)Cc2sc(C)nc2C)[nH]1. The van der Waals surface area contributed by atoms with E-state index in [1.54, 1.807) is 17.5 Å². The fourth-order valence-electron chi connectivity index (χ4n) is 2.71. The summed E-state index contributed by atoms with van der Waals surface area (Å²) in [6, 6.07) is -0.135. The number of hydrogen-bond donors (Lipinski definition) is 1. The molecule has 0 saturated carbocycles. The topological polar surface area (TPSA) is 71.1 Å². The smallest absolute Gasteiger partial charge is 0.228 e. The molecule has 0 unspecified atom stereocenters. The van der Waals surface area contributed by atoms with Crippen LogP contribution in [0, 0.1) is 20.8 Å². The van der Waals surface area contributed by atoms with Gasteiger partial charge in [0.25, 0.3) is 0 Å². The molecular formula is C15H20N4O2S. The lowest BCUT2D eigenvalue weighted by Crippen LogP contribution is -2.44. The Labute approximate surface area is 133 Å². The Morgan fingerprint density at radius 3 is 2.95 bits per heavy atom. The van der Waals surface area contributed by atoms with Gasteiger partial charge in [0.1, 0.15) is 11.9 Å². The van der Waals surface area contributed by atoms with E-state index < -0.39 is 0 Å². The average molecular weight is 320 g/mol. The minimum Gasteiger partial charge on any atom is -0.377 e. The van der Waals surface area contributed by atoms with Gasteiger partial charge < -0.3 is 14.6 Å². The minimum atomic E-state index is -0.135. The maximum absolute atomic E-state index is 12.7. The van der Waals surface area contributed by atoms with E-state index in [1.807, 2.05) is 25.7 Å². The zero-order valence-electron chi connectivity index (χ0n) is 13.0. The highest BCUT2D eigenvalue weighted by Crippen LogP contribution is 2.25. The summed E-state index contributed by atoms with van der Waals surface area (Å²) in [5, 5.41) is 1.00. The van der Waals surface area contributed by atoms with E-state index in [0.717, 1.165) is 27.1 Å². The second-order valence-corrected chi connectivity index (χ2v) is 6.84. The van der Waals surface area contributed by atoms with Crippen LogP contribution < -0.4 is 0 Å². The number of aryl methyl sites for hydroxylation is 3. The molecule has 1 saturated heterocycles. The first kappa shape index (κ1) is 15.2. The summed E-state index contributed by atoms with van der Waals surface area (Å²) in [4.78, 5) is 27.6. The van der Waals surface area contributed by atoms with Gasteiger partial charge in [-0.15, -0.1) is 11.3 Å². The van der Waals surface area contributed by atoms with Gasteiger partial charge in [0.2, 0.25) is 5.91 Å². The molecule has 0 radical (unpaired) electrons. The van der Waals surface area contributed by atoms with Gasteiger partial charge in [-0.25, -0.2) is 9.97 Å². The highest BCUT2D eigenvalue weighted by molar-refractivity contribution is 7.11. The number of morpholine rings is 1. The van der Waals surface area contributed by atoms with Gasteiger partial charge >= 0.3 is 0 Å². The predicted molar refractivity (Wildman–Crippen MR) is 83.9 cm³/mol. The molecule has 6 nitrogen and oxygen atoms in total. The standard InChI is InChI=1S/C15H20N4O2S/c1-9-7-16-15(17-9)12-8-21-5-4-19(12)14(20)6-13-10(2)18-11(3)22-13/h7,12H,4-6,8H2,1-3H3,(H,16,17)/t12-/m0/s1. The number of aromatic amines is 1. The number of hydrogen-bond acceptors (Lipinski definition) is 5. The van der Waals surface area contributed by atoms with Gasteiger partial charge in [0.05, 0.1) is 30.3 Å². The Bertz CT molecular complexity index is 679. The Hall–Kier alpha value is -1.73. The lowest BCUT2D eigenvalue weighted by Gasteiger charge is -2.34. The first-order valence-corrected chi connectivity index (χ1v) is 8.18. The summed E-state index contributed by atoms with van der Waals surface area (Å²) >= 11 is 1.59. The van der Waals surface area contributed by atoms with E-state index in [1.165, 1.54) is 0 Å². The first-order chi connectivity index (χ1) is 10.5. The summed E-state index contributed by atoms with van der Waals surface area (Å²) in [5.74, 6) is 0.900. The molecule has 1 aliphatic heterocycles. The molecule has 1 atom stereocenters. The number of carbonyl (C=O) groups is 1. The number of thiazole rings is 1. The molecule has 0 bridgehead atoms. The molecule has 0 aromatic carbocycles. The van der Waals surface area contributed by atoms with Crippen LogP contribution in [0.2, 0.25) is 0 Å². The summed E-state index contributed by atoms with van der Waals surface area (Å²) in [6.07, 6.45) is 2.18. The van der Waals surface area contributed by atoms with Crippen molar-refractivity contribution in [2.45, 2.75) is 33.2 Å². The molecule has 1 amide bonds. The molecule has 3 rings (SSSR count). The number of rotatable bonds is 3. The highest BCUT2D eigenvalue weighted by Gasteiger charge is 2.31. The van der Waals surface area contributed by atoms with Crippen molar-refractivity contribution in [3.05, 3.63) is 33.3 Å². The molecule has 7 heteroatoms. The maximum atomic E-state index is 12.7. The van der Waals surface area contributed by atoms with E-state index in [2.05, 4.69) is 15.0 Å². The van der Waals surface area contributed by atoms with E-state index in [-0.39, 0.29) is 11.9 Å². The van der Waals surface area contributed by atoms with Crippen LogP contribution in [0.15, 0.2) is 6.20 Å². The van der Waals surface area contributed by atoms with Crippen molar-refractivity contribution < 1.29 is 9.53 Å². The minimum absolute atomic E-state index is 0.106. The quantitative estimate of drug-likeness (QED) is 0.938. The van der Waals surface area contributed by atoms with E-state index >= 15 is 0 Å². The Kier molecular flexibility index (Phi) is 4.26. The number of nitrogens with zero attached hydrogens (tertiary/aromatic N) is 3. The van der Waals surface area contributed by atoms with Gasteiger partial charge in [0, 0.05) is 23.3 Å². The second kappa shape index (κ2) is 6.18. The molecule has 1 aliphatic rings. The number of H-pyrrole nitrogens is 1. The van der Waals surface area contributed by atoms with Crippen molar-refractivity contribution >= 4 is 17.2 Å². The van der Waals surface area contributed by atoms with Crippen molar-refractivity contribution in [3.8, 4) is 0 Å². The third-order valence-electron chi connectivity index (χ3n) is 3.80. The average Bonchev–Trinajstić information content (AvgIpc) is 3.05. The zero-order valence-corrected chi connectivity index (χ0v) is 13.9. The summed E-state index contributed by atoms with van der Waals surface area (Å²) in [7, 11) is 0. The molecule has 1 N–H and O–H groups in total. The predicted octanol–water partition coefficient (Wildman–Crippen LogP) is 1.93. The Balaban J connectivity index is 1.78. The van der Waals surface area contributed by atoms with Crippen molar-refractivity contribution in [1.82, 2.24) is 19.9 Å². The van der Waals surface area contributed by atoms with Gasteiger partial charge in [-0.05, 0) is 20.8 Å². The second-order valence-electron chi connectivity index (χ2n) is 5.55.